The molecule has 0 rings (SSSR count). The average molecular weight is 206 g/mol. The van der Waals surface area contributed by atoms with Gasteiger partial charge in [0.15, 0.2) is 0 Å². The predicted molar refractivity (Wildman–Crippen MR) is 57.0 cm³/mol. The Morgan fingerprint density at radius 3 is 2.23 bits per heavy atom. The molecule has 0 aromatic carbocycles. The summed E-state index contributed by atoms with van der Waals surface area (Å²) in [5, 5.41) is 0. The Balaban J connectivity index is 4.25. The lowest BCUT2D eigenvalue weighted by atomic mass is 9.87. The van der Waals surface area contributed by atoms with Crippen molar-refractivity contribution in [3.63, 3.8) is 0 Å². The lowest BCUT2D eigenvalue weighted by Crippen LogP contribution is -2.43. The van der Waals surface area contributed by atoms with Crippen LogP contribution in [-0.2, 0) is 4.79 Å². The van der Waals surface area contributed by atoms with Gasteiger partial charge >= 0.3 is 0 Å². The third kappa shape index (κ3) is 3.99. The topological polar surface area (TPSA) is 20.3 Å². The molecular formula is C10H20ClNO. The van der Waals surface area contributed by atoms with Crippen molar-refractivity contribution in [3.8, 4) is 0 Å². The van der Waals surface area contributed by atoms with E-state index in [1.54, 1.807) is 4.90 Å². The maximum absolute atomic E-state index is 11.5. The number of nitrogens with zero attached hydrogens (tertiary/aromatic N) is 1. The summed E-state index contributed by atoms with van der Waals surface area (Å²) in [5.41, 5.74) is 0.122. The van der Waals surface area contributed by atoms with Crippen LogP contribution in [0.5, 0.6) is 0 Å². The fraction of sp³-hybridized carbons (Fsp3) is 0.900. The van der Waals surface area contributed by atoms with Gasteiger partial charge in [-0.1, -0.05) is 20.8 Å². The molecule has 13 heavy (non-hydrogen) atoms. The molecule has 1 atom stereocenters. The molecule has 0 bridgehead atoms. The molecule has 1 amide bonds. The van der Waals surface area contributed by atoms with Crippen molar-refractivity contribution in [3.05, 3.63) is 0 Å². The van der Waals surface area contributed by atoms with Crippen molar-refractivity contribution in [2.45, 2.75) is 40.2 Å². The zero-order valence-corrected chi connectivity index (χ0v) is 9.98. The van der Waals surface area contributed by atoms with E-state index in [4.69, 9.17) is 11.6 Å². The van der Waals surface area contributed by atoms with Crippen LogP contribution in [0.2, 0.25) is 0 Å². The van der Waals surface area contributed by atoms with E-state index in [0.29, 0.717) is 12.3 Å². The Labute approximate surface area is 86.2 Å². The van der Waals surface area contributed by atoms with E-state index in [0.717, 1.165) is 0 Å². The van der Waals surface area contributed by atoms with Crippen molar-refractivity contribution in [1.82, 2.24) is 4.90 Å². The molecule has 0 spiro atoms. The van der Waals surface area contributed by atoms with Crippen LogP contribution in [0.4, 0.5) is 0 Å². The van der Waals surface area contributed by atoms with E-state index in [2.05, 4.69) is 27.7 Å². The van der Waals surface area contributed by atoms with Crippen LogP contribution in [0, 0.1) is 5.41 Å². The van der Waals surface area contributed by atoms with Gasteiger partial charge in [0.1, 0.15) is 0 Å². The predicted octanol–water partition coefficient (Wildman–Crippen LogP) is 2.51. The van der Waals surface area contributed by atoms with Crippen molar-refractivity contribution in [2.24, 2.45) is 5.41 Å². The van der Waals surface area contributed by atoms with Gasteiger partial charge in [-0.15, -0.1) is 11.6 Å². The third-order valence-corrected chi connectivity index (χ3v) is 2.73. The van der Waals surface area contributed by atoms with Crippen LogP contribution in [0.1, 0.15) is 34.1 Å². The molecule has 0 aromatic rings. The van der Waals surface area contributed by atoms with E-state index in [-0.39, 0.29) is 17.4 Å². The maximum atomic E-state index is 11.5. The van der Waals surface area contributed by atoms with E-state index in [1.807, 2.05) is 7.05 Å². The zero-order chi connectivity index (χ0) is 10.6. The number of alkyl halides is 1. The minimum atomic E-state index is 0.122. The highest BCUT2D eigenvalue weighted by Gasteiger charge is 2.26. The Hall–Kier alpha value is -0.240. The van der Waals surface area contributed by atoms with Crippen LogP contribution in [0.3, 0.4) is 0 Å². The summed E-state index contributed by atoms with van der Waals surface area (Å²) in [6.07, 6.45) is 0.429. The highest BCUT2D eigenvalue weighted by molar-refractivity contribution is 6.18. The lowest BCUT2D eigenvalue weighted by molar-refractivity contribution is -0.133. The number of carbonyl (C=O) groups excluding carboxylic acids is 1. The number of rotatable bonds is 3. The lowest BCUT2D eigenvalue weighted by Gasteiger charge is -2.35. The largest absolute Gasteiger partial charge is 0.342 e. The summed E-state index contributed by atoms with van der Waals surface area (Å²) < 4.78 is 0. The first-order valence-corrected chi connectivity index (χ1v) is 5.15. The van der Waals surface area contributed by atoms with Gasteiger partial charge in [0.05, 0.1) is 0 Å². The molecule has 78 valence electrons. The second-order valence-electron chi connectivity index (χ2n) is 4.49. The molecule has 0 heterocycles. The Morgan fingerprint density at radius 1 is 1.46 bits per heavy atom. The van der Waals surface area contributed by atoms with Crippen LogP contribution in [0.25, 0.3) is 0 Å². The SMILES string of the molecule is CC(N(C)C(=O)CCCl)C(C)(C)C. The van der Waals surface area contributed by atoms with Crippen molar-refractivity contribution >= 4 is 17.5 Å². The van der Waals surface area contributed by atoms with Crippen molar-refractivity contribution in [2.75, 3.05) is 12.9 Å². The van der Waals surface area contributed by atoms with Gasteiger partial charge in [-0.25, -0.2) is 0 Å². The summed E-state index contributed by atoms with van der Waals surface area (Å²) in [6, 6.07) is 0.239. The van der Waals surface area contributed by atoms with Crippen LogP contribution in [-0.4, -0.2) is 29.8 Å². The molecule has 1 unspecified atom stereocenters. The first kappa shape index (κ1) is 12.8. The molecule has 0 aliphatic rings. The second-order valence-corrected chi connectivity index (χ2v) is 4.86. The molecule has 0 saturated carbocycles. The minimum absolute atomic E-state index is 0.122. The second kappa shape index (κ2) is 4.85. The summed E-state index contributed by atoms with van der Waals surface area (Å²) in [7, 11) is 1.84. The van der Waals surface area contributed by atoms with Crippen LogP contribution in [0.15, 0.2) is 0 Å². The summed E-state index contributed by atoms with van der Waals surface area (Å²) in [6.45, 7) is 8.44. The summed E-state index contributed by atoms with van der Waals surface area (Å²) >= 11 is 5.51. The molecule has 0 N–H and O–H groups in total. The molecule has 0 aliphatic heterocycles. The maximum Gasteiger partial charge on any atom is 0.223 e. The molecule has 0 saturated heterocycles. The quantitative estimate of drug-likeness (QED) is 0.649. The van der Waals surface area contributed by atoms with Gasteiger partial charge < -0.3 is 4.90 Å². The highest BCUT2D eigenvalue weighted by atomic mass is 35.5. The van der Waals surface area contributed by atoms with E-state index in [9.17, 15) is 4.79 Å². The highest BCUT2D eigenvalue weighted by Crippen LogP contribution is 2.23. The number of amides is 1. The smallest absolute Gasteiger partial charge is 0.223 e. The number of hydrogen-bond donors (Lipinski definition) is 0. The standard InChI is InChI=1S/C10H20ClNO/c1-8(10(2,3)4)12(5)9(13)6-7-11/h8H,6-7H2,1-5H3. The summed E-state index contributed by atoms with van der Waals surface area (Å²) in [5.74, 6) is 0.525. The number of hydrogen-bond acceptors (Lipinski definition) is 1. The molecule has 0 fully saturated rings. The molecule has 2 nitrogen and oxygen atoms in total. The van der Waals surface area contributed by atoms with Gasteiger partial charge in [-0.2, -0.15) is 0 Å². The van der Waals surface area contributed by atoms with E-state index < -0.39 is 0 Å². The average Bonchev–Trinajstić information content (AvgIpc) is 2.00. The van der Waals surface area contributed by atoms with E-state index >= 15 is 0 Å². The molecule has 0 radical (unpaired) electrons. The number of carbonyl (C=O) groups is 1. The first-order chi connectivity index (χ1) is 5.80. The molecule has 0 aliphatic carbocycles. The Bertz CT molecular complexity index is 174. The third-order valence-electron chi connectivity index (χ3n) is 2.54. The van der Waals surface area contributed by atoms with Gasteiger partial charge in [-0.3, -0.25) is 4.79 Å². The summed E-state index contributed by atoms with van der Waals surface area (Å²) in [4.78, 5) is 13.3. The van der Waals surface area contributed by atoms with Gasteiger partial charge in [-0.05, 0) is 12.3 Å². The van der Waals surface area contributed by atoms with Crippen molar-refractivity contribution in [1.29, 1.82) is 0 Å². The minimum Gasteiger partial charge on any atom is -0.342 e. The van der Waals surface area contributed by atoms with Gasteiger partial charge in [0, 0.05) is 25.4 Å². The van der Waals surface area contributed by atoms with E-state index in [1.165, 1.54) is 0 Å². The zero-order valence-electron chi connectivity index (χ0n) is 9.22. The van der Waals surface area contributed by atoms with Gasteiger partial charge in [0.25, 0.3) is 0 Å². The Kier molecular flexibility index (Phi) is 4.76. The fourth-order valence-corrected chi connectivity index (χ4v) is 1.22. The molecular weight excluding hydrogens is 186 g/mol. The molecule has 0 aromatic heterocycles. The van der Waals surface area contributed by atoms with Crippen LogP contribution < -0.4 is 0 Å². The fourth-order valence-electron chi connectivity index (χ4n) is 1.05. The molecule has 3 heteroatoms. The van der Waals surface area contributed by atoms with Crippen LogP contribution >= 0.6 is 11.6 Å². The Morgan fingerprint density at radius 2 is 1.92 bits per heavy atom. The van der Waals surface area contributed by atoms with Gasteiger partial charge in [0.2, 0.25) is 5.91 Å². The normalized spacial score (nSPS) is 14.0. The van der Waals surface area contributed by atoms with Crippen molar-refractivity contribution < 1.29 is 4.79 Å². The number of halogens is 1. The first-order valence-electron chi connectivity index (χ1n) is 4.62. The monoisotopic (exact) mass is 205 g/mol.